The molecule has 0 aliphatic heterocycles. The first kappa shape index (κ1) is 13.2. The monoisotopic (exact) mass is 249 g/mol. The van der Waals surface area contributed by atoms with Crippen LogP contribution in [0.1, 0.15) is 31.7 Å². The van der Waals surface area contributed by atoms with Crippen LogP contribution in [0.15, 0.2) is 18.2 Å². The summed E-state index contributed by atoms with van der Waals surface area (Å²) in [6, 6.07) is 6.34. The molecule has 1 aliphatic rings. The molecule has 0 spiro atoms. The van der Waals surface area contributed by atoms with Crippen molar-refractivity contribution in [2.45, 2.75) is 38.6 Å². The molecule has 1 unspecified atom stereocenters. The maximum Gasteiger partial charge on any atom is 0.161 e. The maximum absolute atomic E-state index is 5.97. The average Bonchev–Trinajstić information content (AvgIpc) is 3.21. The molecule has 3 nitrogen and oxygen atoms in total. The highest BCUT2D eigenvalue weighted by molar-refractivity contribution is 5.43. The van der Waals surface area contributed by atoms with Crippen LogP contribution in [0.25, 0.3) is 0 Å². The Hall–Kier alpha value is -1.22. The van der Waals surface area contributed by atoms with Crippen molar-refractivity contribution >= 4 is 0 Å². The Balaban J connectivity index is 2.01. The summed E-state index contributed by atoms with van der Waals surface area (Å²) in [6.07, 6.45) is 4.47. The molecule has 0 radical (unpaired) electrons. The van der Waals surface area contributed by atoms with Crippen LogP contribution in [0.4, 0.5) is 0 Å². The summed E-state index contributed by atoms with van der Waals surface area (Å²) in [5.41, 5.74) is 7.18. The van der Waals surface area contributed by atoms with Gasteiger partial charge < -0.3 is 15.2 Å². The molecular weight excluding hydrogens is 226 g/mol. The van der Waals surface area contributed by atoms with Crippen LogP contribution < -0.4 is 15.2 Å². The van der Waals surface area contributed by atoms with E-state index in [9.17, 15) is 0 Å². The molecular formula is C15H23NO2. The third-order valence-corrected chi connectivity index (χ3v) is 3.42. The van der Waals surface area contributed by atoms with E-state index in [1.54, 1.807) is 7.11 Å². The summed E-state index contributed by atoms with van der Waals surface area (Å²) >= 11 is 0. The molecule has 1 aromatic carbocycles. The molecule has 0 heterocycles. The zero-order valence-electron chi connectivity index (χ0n) is 11.3. The molecule has 0 amide bonds. The Bertz CT molecular complexity index is 388. The van der Waals surface area contributed by atoms with E-state index < -0.39 is 0 Å². The molecule has 1 aliphatic carbocycles. The summed E-state index contributed by atoms with van der Waals surface area (Å²) in [4.78, 5) is 0. The Morgan fingerprint density at radius 2 is 2.11 bits per heavy atom. The van der Waals surface area contributed by atoms with Crippen molar-refractivity contribution in [1.82, 2.24) is 0 Å². The second-order valence-corrected chi connectivity index (χ2v) is 5.11. The zero-order chi connectivity index (χ0) is 13.0. The summed E-state index contributed by atoms with van der Waals surface area (Å²) in [7, 11) is 1.68. The maximum atomic E-state index is 5.97. The fourth-order valence-electron chi connectivity index (χ4n) is 1.90. The Kier molecular flexibility index (Phi) is 4.48. The minimum absolute atomic E-state index is 0.216. The lowest BCUT2D eigenvalue weighted by atomic mass is 10.0. The van der Waals surface area contributed by atoms with Gasteiger partial charge in [0.05, 0.1) is 13.7 Å². The van der Waals surface area contributed by atoms with Crippen LogP contribution in [-0.4, -0.2) is 19.8 Å². The fraction of sp³-hybridized carbons (Fsp3) is 0.600. The van der Waals surface area contributed by atoms with Crippen LogP contribution in [0.2, 0.25) is 0 Å². The van der Waals surface area contributed by atoms with Gasteiger partial charge >= 0.3 is 0 Å². The van der Waals surface area contributed by atoms with Crippen LogP contribution in [0, 0.1) is 5.92 Å². The van der Waals surface area contributed by atoms with E-state index in [-0.39, 0.29) is 6.04 Å². The number of methoxy groups -OCH3 is 1. The average molecular weight is 249 g/mol. The molecule has 18 heavy (non-hydrogen) atoms. The summed E-state index contributed by atoms with van der Waals surface area (Å²) < 4.78 is 11.2. The lowest BCUT2D eigenvalue weighted by molar-refractivity contribution is 0.280. The molecule has 2 rings (SSSR count). The van der Waals surface area contributed by atoms with Gasteiger partial charge in [0.1, 0.15) is 0 Å². The standard InChI is InChI=1S/C15H23NO2/c1-3-13(16)8-12-6-7-14(15(9-12)17-2)18-10-11-4-5-11/h6-7,9,11,13H,3-5,8,10,16H2,1-2H3. The molecule has 2 N–H and O–H groups in total. The van der Waals surface area contributed by atoms with Crippen molar-refractivity contribution in [3.8, 4) is 11.5 Å². The van der Waals surface area contributed by atoms with E-state index in [1.165, 1.54) is 18.4 Å². The summed E-state index contributed by atoms with van der Waals surface area (Å²) in [6.45, 7) is 2.92. The van der Waals surface area contributed by atoms with Gasteiger partial charge in [-0.1, -0.05) is 13.0 Å². The van der Waals surface area contributed by atoms with Gasteiger partial charge in [0.15, 0.2) is 11.5 Å². The van der Waals surface area contributed by atoms with Crippen molar-refractivity contribution in [3.05, 3.63) is 23.8 Å². The quantitative estimate of drug-likeness (QED) is 0.808. The second-order valence-electron chi connectivity index (χ2n) is 5.11. The summed E-state index contributed by atoms with van der Waals surface area (Å²) in [5.74, 6) is 2.41. The highest BCUT2D eigenvalue weighted by Gasteiger charge is 2.22. The second kappa shape index (κ2) is 6.10. The number of hydrogen-bond acceptors (Lipinski definition) is 3. The topological polar surface area (TPSA) is 44.5 Å². The highest BCUT2D eigenvalue weighted by atomic mass is 16.5. The molecule has 100 valence electrons. The minimum Gasteiger partial charge on any atom is -0.493 e. The van der Waals surface area contributed by atoms with Gasteiger partial charge in [0.25, 0.3) is 0 Å². The predicted molar refractivity (Wildman–Crippen MR) is 73.2 cm³/mol. The molecule has 1 aromatic rings. The van der Waals surface area contributed by atoms with Crippen molar-refractivity contribution < 1.29 is 9.47 Å². The van der Waals surface area contributed by atoms with E-state index in [4.69, 9.17) is 15.2 Å². The highest BCUT2D eigenvalue weighted by Crippen LogP contribution is 2.33. The van der Waals surface area contributed by atoms with E-state index in [2.05, 4.69) is 13.0 Å². The SMILES string of the molecule is CCC(N)Cc1ccc(OCC2CC2)c(OC)c1. The molecule has 0 bridgehead atoms. The molecule has 1 fully saturated rings. The largest absolute Gasteiger partial charge is 0.493 e. The van der Waals surface area contributed by atoms with E-state index >= 15 is 0 Å². The van der Waals surface area contributed by atoms with E-state index in [0.29, 0.717) is 0 Å². The smallest absolute Gasteiger partial charge is 0.161 e. The summed E-state index contributed by atoms with van der Waals surface area (Å²) in [5, 5.41) is 0. The number of ether oxygens (including phenoxy) is 2. The van der Waals surface area contributed by atoms with Gasteiger partial charge in [-0.15, -0.1) is 0 Å². The van der Waals surface area contributed by atoms with E-state index in [0.717, 1.165) is 36.9 Å². The fourth-order valence-corrected chi connectivity index (χ4v) is 1.90. The number of benzene rings is 1. The minimum atomic E-state index is 0.216. The Labute approximate surface area is 109 Å². The van der Waals surface area contributed by atoms with E-state index in [1.807, 2.05) is 12.1 Å². The first-order valence-corrected chi connectivity index (χ1v) is 6.78. The van der Waals surface area contributed by atoms with Gasteiger partial charge in [0, 0.05) is 6.04 Å². The Morgan fingerprint density at radius 3 is 2.72 bits per heavy atom. The molecule has 3 heteroatoms. The lowest BCUT2D eigenvalue weighted by Gasteiger charge is -2.13. The molecule has 1 saturated carbocycles. The third-order valence-electron chi connectivity index (χ3n) is 3.42. The van der Waals surface area contributed by atoms with Gasteiger partial charge in [-0.3, -0.25) is 0 Å². The normalized spacial score (nSPS) is 16.4. The number of rotatable bonds is 7. The number of nitrogens with two attached hydrogens (primary N) is 1. The number of hydrogen-bond donors (Lipinski definition) is 1. The van der Waals surface area contributed by atoms with Crippen LogP contribution >= 0.6 is 0 Å². The molecule has 0 aromatic heterocycles. The van der Waals surface area contributed by atoms with Gasteiger partial charge in [-0.05, 0) is 49.3 Å². The van der Waals surface area contributed by atoms with Crippen molar-refractivity contribution in [3.63, 3.8) is 0 Å². The van der Waals surface area contributed by atoms with Crippen LogP contribution in [0.3, 0.4) is 0 Å². The first-order chi connectivity index (χ1) is 8.72. The predicted octanol–water partition coefficient (Wildman–Crippen LogP) is 2.76. The van der Waals surface area contributed by atoms with Crippen molar-refractivity contribution in [2.75, 3.05) is 13.7 Å². The Morgan fingerprint density at radius 1 is 1.33 bits per heavy atom. The van der Waals surface area contributed by atoms with Crippen LogP contribution in [0.5, 0.6) is 11.5 Å². The zero-order valence-corrected chi connectivity index (χ0v) is 11.3. The molecule has 1 atom stereocenters. The lowest BCUT2D eigenvalue weighted by Crippen LogP contribution is -2.21. The van der Waals surface area contributed by atoms with Gasteiger partial charge in [0.2, 0.25) is 0 Å². The van der Waals surface area contributed by atoms with Crippen molar-refractivity contribution in [1.29, 1.82) is 0 Å². The van der Waals surface area contributed by atoms with Gasteiger partial charge in [-0.2, -0.15) is 0 Å². The molecule has 0 saturated heterocycles. The van der Waals surface area contributed by atoms with Crippen LogP contribution in [-0.2, 0) is 6.42 Å². The van der Waals surface area contributed by atoms with Gasteiger partial charge in [-0.25, -0.2) is 0 Å². The first-order valence-electron chi connectivity index (χ1n) is 6.78. The van der Waals surface area contributed by atoms with Crippen molar-refractivity contribution in [2.24, 2.45) is 11.7 Å². The third kappa shape index (κ3) is 3.64.